The van der Waals surface area contributed by atoms with Crippen LogP contribution in [0.25, 0.3) is 118 Å². The van der Waals surface area contributed by atoms with Gasteiger partial charge in [-0.05, 0) is 138 Å². The van der Waals surface area contributed by atoms with Gasteiger partial charge in [-0.3, -0.25) is 14.0 Å². The van der Waals surface area contributed by atoms with E-state index in [1.165, 1.54) is 89.0 Å². The second kappa shape index (κ2) is 42.6. The Morgan fingerprint density at radius 3 is 1.02 bits per heavy atom. The predicted octanol–water partition coefficient (Wildman–Crippen LogP) is 24.2. The summed E-state index contributed by atoms with van der Waals surface area (Å²) in [6.07, 6.45) is 3.65. The van der Waals surface area contributed by atoms with Gasteiger partial charge < -0.3 is 30.6 Å². The van der Waals surface area contributed by atoms with Crippen molar-refractivity contribution in [2.45, 2.75) is 102 Å². The third kappa shape index (κ3) is 23.7. The van der Waals surface area contributed by atoms with E-state index in [9.17, 15) is 0 Å². The van der Waals surface area contributed by atoms with Crippen molar-refractivity contribution >= 4 is 0 Å². The van der Waals surface area contributed by atoms with Gasteiger partial charge in [-0.1, -0.05) is 241 Å². The third-order valence-corrected chi connectivity index (χ3v) is 19.6. The van der Waals surface area contributed by atoms with Gasteiger partial charge in [0.1, 0.15) is 0 Å². The Labute approximate surface area is 750 Å². The van der Waals surface area contributed by atoms with E-state index >= 15 is 0 Å². The smallest absolute Gasteiger partial charge is 0.0600 e. The summed E-state index contributed by atoms with van der Waals surface area (Å²) < 4.78 is 5.59. The van der Waals surface area contributed by atoms with Crippen LogP contribution in [0.1, 0.15) is 88.4 Å². The van der Waals surface area contributed by atoms with E-state index in [-0.39, 0.29) is 68.6 Å². The van der Waals surface area contributed by atoms with Gasteiger partial charge in [0.05, 0.1) is 11.4 Å². The zero-order chi connectivity index (χ0) is 82.0. The first kappa shape index (κ1) is 90.3. The maximum Gasteiger partial charge on any atom is 0.0600 e. The van der Waals surface area contributed by atoms with Crippen LogP contribution < -0.4 is 15.3 Å². The zero-order valence-corrected chi connectivity index (χ0v) is 76.6. The van der Waals surface area contributed by atoms with Crippen molar-refractivity contribution in [2.75, 3.05) is 0 Å². The van der Waals surface area contributed by atoms with Crippen LogP contribution in [0.2, 0.25) is 0 Å². The van der Waals surface area contributed by atoms with Crippen molar-refractivity contribution in [3.63, 3.8) is 0 Å². The molecule has 0 aliphatic heterocycles. The SMILES string of the molecule is CC(C)(C)c1cc(-c2[c-]cc(-c3ccc(-c4ccccc4)cc3)cc2)[n-]n1.Cc1c[c-]c(-n2nc(C)cc2C)cc1.Cc1cc(-c2[c-]cc(-c3c(C)cc(-c4ccccc4)cc3C)cc2)[n-]n1.Cc1cc(-c2[c-]cc(-c3c(C)cc(-c4ccccc4)cc3C)cc2)[n-]n1.Cc1cc(C)n(-c2[c-]cccc2)n1.[Pt].[Pt].[Pt].[c-]1ccccc1-n1cccn1. The molecule has 0 aliphatic carbocycles. The molecule has 12 aromatic carbocycles. The second-order valence-electron chi connectivity index (χ2n) is 30.1. The van der Waals surface area contributed by atoms with Crippen molar-refractivity contribution in [2.24, 2.45) is 0 Å². The number of rotatable bonds is 12. The van der Waals surface area contributed by atoms with Gasteiger partial charge in [0, 0.05) is 109 Å². The molecule has 6 aromatic heterocycles. The largest absolute Gasteiger partial charge is 0.619 e. The number of hydrogen-bond donors (Lipinski definition) is 0. The molecule has 12 nitrogen and oxygen atoms in total. The first-order chi connectivity index (χ1) is 56.6. The maximum absolute atomic E-state index is 4.40. The predicted molar refractivity (Wildman–Crippen MR) is 476 cm³/mol. The molecule has 15 heteroatoms. The van der Waals surface area contributed by atoms with Crippen molar-refractivity contribution in [1.82, 2.24) is 59.9 Å². The molecule has 0 fully saturated rings. The number of para-hydroxylation sites is 2. The number of benzene rings is 12. The molecule has 18 aromatic rings. The topological polar surface area (TPSA) is 134 Å². The minimum atomic E-state index is 0. The van der Waals surface area contributed by atoms with Gasteiger partial charge in [-0.15, -0.1) is 91.0 Å². The molecule has 0 spiro atoms. The van der Waals surface area contributed by atoms with Crippen LogP contribution >= 0.6 is 0 Å². The molecule has 612 valence electrons. The van der Waals surface area contributed by atoms with Crippen LogP contribution in [-0.2, 0) is 68.6 Å². The fraction of sp³-hybridized carbons (Fsp3) is 0.143. The van der Waals surface area contributed by atoms with E-state index in [1.807, 2.05) is 160 Å². The molecule has 0 saturated heterocycles. The average molecular weight is 2110 g/mol. The monoisotopic (exact) mass is 2110 g/mol. The van der Waals surface area contributed by atoms with Crippen molar-refractivity contribution in [1.29, 1.82) is 0 Å². The van der Waals surface area contributed by atoms with Crippen LogP contribution in [0.5, 0.6) is 0 Å². The third-order valence-electron chi connectivity index (χ3n) is 19.6. The summed E-state index contributed by atoms with van der Waals surface area (Å²) in [5, 5.41) is 38.0. The first-order valence-corrected chi connectivity index (χ1v) is 39.1. The Balaban J connectivity index is 0.000000155. The van der Waals surface area contributed by atoms with Gasteiger partial charge in [0.2, 0.25) is 0 Å². The Kier molecular flexibility index (Phi) is 32.0. The molecule has 0 atom stereocenters. The van der Waals surface area contributed by atoms with Crippen LogP contribution in [0, 0.1) is 113 Å². The van der Waals surface area contributed by atoms with Crippen molar-refractivity contribution in [3.8, 4) is 118 Å². The van der Waals surface area contributed by atoms with Crippen LogP contribution in [0.4, 0.5) is 0 Å². The molecule has 18 rings (SSSR count). The van der Waals surface area contributed by atoms with E-state index in [2.05, 4.69) is 332 Å². The van der Waals surface area contributed by atoms with E-state index in [1.54, 1.807) is 10.9 Å². The summed E-state index contributed by atoms with van der Waals surface area (Å²) in [6.45, 7) is 29.2. The normalized spacial score (nSPS) is 10.6. The van der Waals surface area contributed by atoms with Crippen molar-refractivity contribution < 1.29 is 63.2 Å². The Bertz CT molecular complexity index is 5940. The fourth-order valence-corrected chi connectivity index (χ4v) is 13.8. The summed E-state index contributed by atoms with van der Waals surface area (Å²) in [6, 6.07) is 121. The summed E-state index contributed by atoms with van der Waals surface area (Å²) in [7, 11) is 0. The molecule has 0 radical (unpaired) electrons. The molecular weight excluding hydrogens is 2010 g/mol. The Morgan fingerprint density at radius 2 is 0.675 bits per heavy atom. The average Bonchev–Trinajstić information content (AvgIpc) is 0.976. The number of hydrogen-bond acceptors (Lipinski definition) is 6. The number of aromatic nitrogens is 12. The molecule has 0 N–H and O–H groups in total. The van der Waals surface area contributed by atoms with Crippen LogP contribution in [0.3, 0.4) is 0 Å². The standard InChI is InChI=1S/C25H22N2.2C24H20N2.C12H13N2.C11H11N2.C9H7N2.3Pt/c1-25(2,3)24-17-23(26-27-24)22-15-13-21(14-16-22)20-11-9-19(10-12-20)18-7-5-4-6-8-18;2*1-16-13-22(19-7-5-4-6-8-19)14-17(2)24(16)21-11-9-20(10-12-21)23-15-18(3)25-26-23;1-9-4-6-12(7-5-9)14-11(3)8-10(2)13-14;1-9-8-10(2)13(12-9)11-6-4-3-5-7-11;1-2-5-9(6-3-1)11-8-4-7-10-11;;;/h4-15,17H,1-3H3;2*4-9,11-15H,1-3H3;4-6,8H,1-3H3;3-6,8H,1-2H3;1-5,7-8H;;;/q3*-2;3*-1;;;. The van der Waals surface area contributed by atoms with Crippen molar-refractivity contribution in [3.05, 3.63) is 414 Å². The summed E-state index contributed by atoms with van der Waals surface area (Å²) in [5.74, 6) is 0. The van der Waals surface area contributed by atoms with E-state index in [0.717, 1.165) is 96.3 Å². The van der Waals surface area contributed by atoms with E-state index in [4.69, 9.17) is 0 Å². The Hall–Kier alpha value is -12.0. The van der Waals surface area contributed by atoms with Gasteiger partial charge in [-0.25, -0.2) is 17.1 Å². The molecule has 0 unspecified atom stereocenters. The molecule has 6 heterocycles. The van der Waals surface area contributed by atoms with Gasteiger partial charge >= 0.3 is 0 Å². The minimum absolute atomic E-state index is 0. The van der Waals surface area contributed by atoms with Gasteiger partial charge in [0.15, 0.2) is 0 Å². The van der Waals surface area contributed by atoms with E-state index < -0.39 is 0 Å². The van der Waals surface area contributed by atoms with Gasteiger partial charge in [0.25, 0.3) is 0 Å². The number of aryl methyl sites for hydroxylation is 11. The van der Waals surface area contributed by atoms with Gasteiger partial charge in [-0.2, -0.15) is 104 Å². The quantitative estimate of drug-likeness (QED) is 0.110. The zero-order valence-electron chi connectivity index (χ0n) is 69.8. The first-order valence-electron chi connectivity index (χ1n) is 39.1. The second-order valence-corrected chi connectivity index (χ2v) is 30.1. The minimum Gasteiger partial charge on any atom is -0.619 e. The summed E-state index contributed by atoms with van der Waals surface area (Å²) in [5.41, 5.74) is 36.8. The Morgan fingerprint density at radius 1 is 0.300 bits per heavy atom. The maximum atomic E-state index is 4.40. The van der Waals surface area contributed by atoms with Crippen LogP contribution in [0.15, 0.2) is 310 Å². The molecule has 0 aliphatic rings. The number of nitrogens with zero attached hydrogens (tertiary/aromatic N) is 12. The summed E-state index contributed by atoms with van der Waals surface area (Å²) in [4.78, 5) is 0. The molecule has 0 amide bonds. The molecule has 0 bridgehead atoms. The molecular formula is C105H93N12Pt3-9. The van der Waals surface area contributed by atoms with Crippen LogP contribution in [-0.4, -0.2) is 44.6 Å². The molecule has 0 saturated carbocycles. The van der Waals surface area contributed by atoms with E-state index in [0.29, 0.717) is 0 Å². The fourth-order valence-electron chi connectivity index (χ4n) is 13.8. The molecule has 120 heavy (non-hydrogen) atoms. The summed E-state index contributed by atoms with van der Waals surface area (Å²) >= 11 is 0.